The molecule has 1 heterocycles. The van der Waals surface area contributed by atoms with Crippen LogP contribution in [0, 0.1) is 12.3 Å². The average molecular weight is 259 g/mol. The maximum absolute atomic E-state index is 5.78. The van der Waals surface area contributed by atoms with Crippen LogP contribution >= 0.6 is 0 Å². The molecule has 0 fully saturated rings. The van der Waals surface area contributed by atoms with Crippen molar-refractivity contribution >= 4 is 5.69 Å². The minimum absolute atomic E-state index is 0.263. The molecule has 5 nitrogen and oxygen atoms in total. The third-order valence-electron chi connectivity index (χ3n) is 3.10. The summed E-state index contributed by atoms with van der Waals surface area (Å²) in [5, 5.41) is 12.0. The van der Waals surface area contributed by atoms with Gasteiger partial charge in [0.1, 0.15) is 0 Å². The number of tetrazole rings is 1. The number of aryl methyl sites for hydroxylation is 2. The summed E-state index contributed by atoms with van der Waals surface area (Å²) in [7, 11) is 0. The zero-order valence-corrected chi connectivity index (χ0v) is 12.0. The van der Waals surface area contributed by atoms with Crippen molar-refractivity contribution in [3.8, 4) is 11.4 Å². The number of hydrogen-bond acceptors (Lipinski definition) is 4. The number of nitrogens with zero attached hydrogens (tertiary/aromatic N) is 4. The highest BCUT2D eigenvalue weighted by molar-refractivity contribution is 5.63. The van der Waals surface area contributed by atoms with Crippen molar-refractivity contribution in [1.29, 1.82) is 0 Å². The van der Waals surface area contributed by atoms with E-state index in [0.29, 0.717) is 0 Å². The van der Waals surface area contributed by atoms with E-state index in [1.807, 2.05) is 29.8 Å². The van der Waals surface area contributed by atoms with Crippen molar-refractivity contribution in [1.82, 2.24) is 20.2 Å². The minimum atomic E-state index is 0.263. The van der Waals surface area contributed by atoms with Crippen molar-refractivity contribution in [2.75, 3.05) is 5.73 Å². The van der Waals surface area contributed by atoms with E-state index in [0.717, 1.165) is 35.6 Å². The van der Waals surface area contributed by atoms with Crippen LogP contribution in [0.2, 0.25) is 0 Å². The fourth-order valence-electron chi connectivity index (χ4n) is 1.93. The lowest BCUT2D eigenvalue weighted by atomic mass is 9.92. The Hall–Kier alpha value is -1.91. The first-order valence-corrected chi connectivity index (χ1v) is 6.49. The van der Waals surface area contributed by atoms with Crippen LogP contribution in [-0.2, 0) is 6.54 Å². The zero-order valence-electron chi connectivity index (χ0n) is 12.0. The molecule has 0 unspecified atom stereocenters. The van der Waals surface area contributed by atoms with Crippen molar-refractivity contribution < 1.29 is 0 Å². The predicted octanol–water partition coefficient (Wildman–Crippen LogP) is 2.67. The van der Waals surface area contributed by atoms with Gasteiger partial charge in [0.05, 0.1) is 0 Å². The molecule has 0 radical (unpaired) electrons. The van der Waals surface area contributed by atoms with Crippen molar-refractivity contribution in [3.05, 3.63) is 23.8 Å². The maximum atomic E-state index is 5.78. The van der Waals surface area contributed by atoms with E-state index < -0.39 is 0 Å². The topological polar surface area (TPSA) is 69.6 Å². The molecule has 0 saturated heterocycles. The molecule has 19 heavy (non-hydrogen) atoms. The summed E-state index contributed by atoms with van der Waals surface area (Å²) in [4.78, 5) is 0. The van der Waals surface area contributed by atoms with Gasteiger partial charge in [-0.3, -0.25) is 0 Å². The summed E-state index contributed by atoms with van der Waals surface area (Å²) in [6.07, 6.45) is 1.03. The summed E-state index contributed by atoms with van der Waals surface area (Å²) in [5.41, 5.74) is 8.92. The van der Waals surface area contributed by atoms with Crippen LogP contribution in [0.4, 0.5) is 5.69 Å². The lowest BCUT2D eigenvalue weighted by Crippen LogP contribution is -2.12. The highest BCUT2D eigenvalue weighted by Crippen LogP contribution is 2.24. The number of rotatable bonds is 3. The number of hydrogen-bond donors (Lipinski definition) is 1. The molecular formula is C14H21N5. The highest BCUT2D eigenvalue weighted by Gasteiger charge is 2.15. The number of benzene rings is 1. The molecule has 0 bridgehead atoms. The smallest absolute Gasteiger partial charge is 0.182 e. The Kier molecular flexibility index (Phi) is 3.55. The summed E-state index contributed by atoms with van der Waals surface area (Å²) >= 11 is 0. The van der Waals surface area contributed by atoms with Crippen LogP contribution < -0.4 is 5.73 Å². The van der Waals surface area contributed by atoms with E-state index in [-0.39, 0.29) is 5.41 Å². The highest BCUT2D eigenvalue weighted by atomic mass is 15.5. The van der Waals surface area contributed by atoms with Crippen LogP contribution in [0.5, 0.6) is 0 Å². The fraction of sp³-hybridized carbons (Fsp3) is 0.500. The minimum Gasteiger partial charge on any atom is -0.399 e. The molecule has 102 valence electrons. The summed E-state index contributed by atoms with van der Waals surface area (Å²) in [5.74, 6) is 0.807. The number of nitrogen functional groups attached to an aromatic ring is 1. The Balaban J connectivity index is 2.28. The Labute approximate surface area is 113 Å². The molecule has 0 saturated carbocycles. The van der Waals surface area contributed by atoms with Crippen LogP contribution in [-0.4, -0.2) is 20.2 Å². The molecule has 5 heteroatoms. The molecule has 0 aliphatic rings. The van der Waals surface area contributed by atoms with Crippen molar-refractivity contribution in [3.63, 3.8) is 0 Å². The van der Waals surface area contributed by atoms with Crippen LogP contribution in [0.15, 0.2) is 18.2 Å². The third kappa shape index (κ3) is 3.30. The normalized spacial score (nSPS) is 11.8. The first kappa shape index (κ1) is 13.5. The monoisotopic (exact) mass is 259 g/mol. The quantitative estimate of drug-likeness (QED) is 0.860. The van der Waals surface area contributed by atoms with Gasteiger partial charge in [-0.1, -0.05) is 20.8 Å². The van der Waals surface area contributed by atoms with Crippen LogP contribution in [0.3, 0.4) is 0 Å². The molecule has 1 aromatic carbocycles. The molecule has 1 aromatic heterocycles. The van der Waals surface area contributed by atoms with Gasteiger partial charge in [-0.25, -0.2) is 4.68 Å². The van der Waals surface area contributed by atoms with Gasteiger partial charge in [-0.15, -0.1) is 5.10 Å². The number of aromatic nitrogens is 4. The standard InChI is InChI=1S/C14H21N5/c1-10-9-11(15)5-6-12(10)13-16-17-18-19(13)8-7-14(2,3)4/h5-6,9H,7-8,15H2,1-4H3. The SMILES string of the molecule is Cc1cc(N)ccc1-c1nnnn1CCC(C)(C)C. The van der Waals surface area contributed by atoms with Crippen LogP contribution in [0.1, 0.15) is 32.8 Å². The molecule has 0 aliphatic carbocycles. The van der Waals surface area contributed by atoms with Gasteiger partial charge in [-0.2, -0.15) is 0 Å². The number of anilines is 1. The Morgan fingerprint density at radius 3 is 2.63 bits per heavy atom. The van der Waals surface area contributed by atoms with E-state index in [1.54, 1.807) is 0 Å². The predicted molar refractivity (Wildman–Crippen MR) is 76.5 cm³/mol. The fourth-order valence-corrected chi connectivity index (χ4v) is 1.93. The Bertz CT molecular complexity index is 565. The van der Waals surface area contributed by atoms with Crippen molar-refractivity contribution in [2.45, 2.75) is 40.7 Å². The Morgan fingerprint density at radius 1 is 1.26 bits per heavy atom. The lowest BCUT2D eigenvalue weighted by molar-refractivity contribution is 0.340. The zero-order chi connectivity index (χ0) is 14.0. The van der Waals surface area contributed by atoms with Gasteiger partial charge >= 0.3 is 0 Å². The second-order valence-corrected chi connectivity index (χ2v) is 6.11. The second kappa shape index (κ2) is 4.99. The Morgan fingerprint density at radius 2 is 2.00 bits per heavy atom. The van der Waals surface area contributed by atoms with Gasteiger partial charge in [0, 0.05) is 17.8 Å². The van der Waals surface area contributed by atoms with Crippen molar-refractivity contribution in [2.24, 2.45) is 5.41 Å². The molecule has 2 rings (SSSR count). The van der Waals surface area contributed by atoms with E-state index in [4.69, 9.17) is 5.73 Å². The molecule has 0 amide bonds. The summed E-state index contributed by atoms with van der Waals surface area (Å²) in [6, 6.07) is 5.80. The first-order chi connectivity index (χ1) is 8.87. The van der Waals surface area contributed by atoms with Gasteiger partial charge in [0.2, 0.25) is 0 Å². The summed E-state index contributed by atoms with van der Waals surface area (Å²) in [6.45, 7) is 9.48. The average Bonchev–Trinajstić information content (AvgIpc) is 2.73. The molecular weight excluding hydrogens is 238 g/mol. The van der Waals surface area contributed by atoms with Crippen LogP contribution in [0.25, 0.3) is 11.4 Å². The van der Waals surface area contributed by atoms with E-state index >= 15 is 0 Å². The maximum Gasteiger partial charge on any atom is 0.182 e. The molecule has 2 N–H and O–H groups in total. The lowest BCUT2D eigenvalue weighted by Gasteiger charge is -2.18. The van der Waals surface area contributed by atoms with E-state index in [1.165, 1.54) is 0 Å². The number of nitrogens with two attached hydrogens (primary N) is 1. The second-order valence-electron chi connectivity index (χ2n) is 6.11. The van der Waals surface area contributed by atoms with E-state index in [2.05, 4.69) is 36.3 Å². The van der Waals surface area contributed by atoms with Gasteiger partial charge < -0.3 is 5.73 Å². The van der Waals surface area contributed by atoms with Gasteiger partial charge in [0.25, 0.3) is 0 Å². The summed E-state index contributed by atoms with van der Waals surface area (Å²) < 4.78 is 1.86. The molecule has 0 atom stereocenters. The third-order valence-corrected chi connectivity index (χ3v) is 3.10. The molecule has 0 spiro atoms. The van der Waals surface area contributed by atoms with E-state index in [9.17, 15) is 0 Å². The first-order valence-electron chi connectivity index (χ1n) is 6.49. The largest absolute Gasteiger partial charge is 0.399 e. The van der Waals surface area contributed by atoms with Gasteiger partial charge in [-0.05, 0) is 52.9 Å². The molecule has 0 aliphatic heterocycles. The molecule has 2 aromatic rings. The van der Waals surface area contributed by atoms with Gasteiger partial charge in [0.15, 0.2) is 5.82 Å².